The molecule has 0 unspecified atom stereocenters. The van der Waals surface area contributed by atoms with Crippen LogP contribution in [0.2, 0.25) is 0 Å². The van der Waals surface area contributed by atoms with E-state index < -0.39 is 5.97 Å². The Labute approximate surface area is 118 Å². The van der Waals surface area contributed by atoms with Gasteiger partial charge in [0.25, 0.3) is 0 Å². The first-order valence-corrected chi connectivity index (χ1v) is 6.69. The second-order valence-corrected chi connectivity index (χ2v) is 4.71. The molecule has 104 valence electrons. The quantitative estimate of drug-likeness (QED) is 0.887. The van der Waals surface area contributed by atoms with Crippen molar-refractivity contribution in [1.82, 2.24) is 0 Å². The molecule has 0 bridgehead atoms. The van der Waals surface area contributed by atoms with Crippen molar-refractivity contribution in [2.45, 2.75) is 20.3 Å². The molecule has 1 N–H and O–H groups in total. The lowest BCUT2D eigenvalue weighted by atomic mass is 10.00. The van der Waals surface area contributed by atoms with Gasteiger partial charge in [-0.3, -0.25) is 0 Å². The number of carboxylic acid groups (broad SMARTS) is 1. The van der Waals surface area contributed by atoms with E-state index in [1.807, 2.05) is 43.3 Å². The zero-order valence-corrected chi connectivity index (χ0v) is 11.7. The predicted molar refractivity (Wildman–Crippen MR) is 79.4 cm³/mol. The molecule has 0 spiro atoms. The normalized spacial score (nSPS) is 10.3. The maximum Gasteiger partial charge on any atom is 0.335 e. The molecule has 2 rings (SSSR count). The molecule has 2 aromatic carbocycles. The van der Waals surface area contributed by atoms with Crippen LogP contribution in [-0.4, -0.2) is 17.7 Å². The van der Waals surface area contributed by atoms with E-state index in [1.165, 1.54) is 0 Å². The number of aryl methyl sites for hydroxylation is 1. The molecule has 0 saturated heterocycles. The van der Waals surface area contributed by atoms with Gasteiger partial charge in [0.2, 0.25) is 0 Å². The van der Waals surface area contributed by atoms with Gasteiger partial charge in [0, 0.05) is 0 Å². The van der Waals surface area contributed by atoms with Crippen LogP contribution in [-0.2, 0) is 0 Å². The predicted octanol–water partition coefficient (Wildman–Crippen LogP) is 4.15. The number of rotatable bonds is 5. The zero-order chi connectivity index (χ0) is 14.5. The van der Waals surface area contributed by atoms with Crippen LogP contribution in [0.25, 0.3) is 11.1 Å². The Morgan fingerprint density at radius 2 is 1.75 bits per heavy atom. The van der Waals surface area contributed by atoms with E-state index >= 15 is 0 Å². The van der Waals surface area contributed by atoms with E-state index in [4.69, 9.17) is 9.84 Å². The molecule has 3 heteroatoms. The van der Waals surface area contributed by atoms with E-state index in [-0.39, 0.29) is 0 Å². The molecule has 0 aromatic heterocycles. The fourth-order valence-corrected chi connectivity index (χ4v) is 2.05. The number of hydrogen-bond donors (Lipinski definition) is 1. The number of ether oxygens (including phenoxy) is 1. The summed E-state index contributed by atoms with van der Waals surface area (Å²) in [6.45, 7) is 4.60. The lowest BCUT2D eigenvalue weighted by molar-refractivity contribution is 0.0696. The summed E-state index contributed by atoms with van der Waals surface area (Å²) in [5, 5.41) is 9.03. The Morgan fingerprint density at radius 1 is 1.10 bits per heavy atom. The standard InChI is InChI=1S/C17H18O3/c1-3-10-20-15-7-4-13(5-8-15)14-6-9-16(17(18)19)12(2)11-14/h4-9,11H,3,10H2,1-2H3,(H,18,19). The van der Waals surface area contributed by atoms with Crippen LogP contribution >= 0.6 is 0 Å². The SMILES string of the molecule is CCCOc1ccc(-c2ccc(C(=O)O)c(C)c2)cc1. The van der Waals surface area contributed by atoms with Crippen molar-refractivity contribution < 1.29 is 14.6 Å². The summed E-state index contributed by atoms with van der Waals surface area (Å²) in [4.78, 5) is 11.0. The Hall–Kier alpha value is -2.29. The van der Waals surface area contributed by atoms with Crippen molar-refractivity contribution in [3.05, 3.63) is 53.6 Å². The van der Waals surface area contributed by atoms with Crippen molar-refractivity contribution in [2.24, 2.45) is 0 Å². The first-order valence-electron chi connectivity index (χ1n) is 6.69. The highest BCUT2D eigenvalue weighted by Crippen LogP contribution is 2.24. The van der Waals surface area contributed by atoms with Crippen LogP contribution in [0.1, 0.15) is 29.3 Å². The maximum atomic E-state index is 11.0. The summed E-state index contributed by atoms with van der Waals surface area (Å²) in [6, 6.07) is 13.2. The highest BCUT2D eigenvalue weighted by Gasteiger charge is 2.08. The van der Waals surface area contributed by atoms with Gasteiger partial charge in [-0.1, -0.05) is 31.2 Å². The molecule has 0 aliphatic heterocycles. The molecule has 0 radical (unpaired) electrons. The molecule has 2 aromatic rings. The summed E-state index contributed by atoms with van der Waals surface area (Å²) in [7, 11) is 0. The molecule has 0 heterocycles. The Kier molecular flexibility index (Phi) is 4.41. The van der Waals surface area contributed by atoms with E-state index in [9.17, 15) is 4.79 Å². The van der Waals surface area contributed by atoms with Gasteiger partial charge in [0.15, 0.2) is 0 Å². The Balaban J connectivity index is 2.23. The fraction of sp³-hybridized carbons (Fsp3) is 0.235. The van der Waals surface area contributed by atoms with Gasteiger partial charge in [-0.15, -0.1) is 0 Å². The van der Waals surface area contributed by atoms with Gasteiger partial charge >= 0.3 is 5.97 Å². The first-order chi connectivity index (χ1) is 9.61. The second kappa shape index (κ2) is 6.24. The molecule has 0 aliphatic rings. The second-order valence-electron chi connectivity index (χ2n) is 4.71. The van der Waals surface area contributed by atoms with Gasteiger partial charge < -0.3 is 9.84 Å². The molecular formula is C17H18O3. The van der Waals surface area contributed by atoms with E-state index in [0.717, 1.165) is 28.9 Å². The Morgan fingerprint density at radius 3 is 2.30 bits per heavy atom. The number of carboxylic acids is 1. The van der Waals surface area contributed by atoms with Crippen LogP contribution < -0.4 is 4.74 Å². The number of carbonyl (C=O) groups is 1. The molecule has 3 nitrogen and oxygen atoms in total. The Bertz CT molecular complexity index is 600. The molecule has 0 aliphatic carbocycles. The lowest BCUT2D eigenvalue weighted by Gasteiger charge is -2.08. The van der Waals surface area contributed by atoms with E-state index in [0.29, 0.717) is 12.2 Å². The smallest absolute Gasteiger partial charge is 0.335 e. The molecule has 20 heavy (non-hydrogen) atoms. The molecule has 0 atom stereocenters. The summed E-state index contributed by atoms with van der Waals surface area (Å²) in [5.41, 5.74) is 3.17. The molecule has 0 saturated carbocycles. The third-order valence-electron chi connectivity index (χ3n) is 3.12. The molecular weight excluding hydrogens is 252 g/mol. The topological polar surface area (TPSA) is 46.5 Å². The highest BCUT2D eigenvalue weighted by molar-refractivity contribution is 5.90. The minimum atomic E-state index is -0.891. The van der Waals surface area contributed by atoms with Crippen molar-refractivity contribution >= 4 is 5.97 Å². The van der Waals surface area contributed by atoms with E-state index in [1.54, 1.807) is 6.07 Å². The van der Waals surface area contributed by atoms with Crippen molar-refractivity contribution in [1.29, 1.82) is 0 Å². The van der Waals surface area contributed by atoms with Crippen molar-refractivity contribution in [3.8, 4) is 16.9 Å². The van der Waals surface area contributed by atoms with Crippen LogP contribution in [0.5, 0.6) is 5.75 Å². The van der Waals surface area contributed by atoms with Gasteiger partial charge in [0.05, 0.1) is 12.2 Å². The van der Waals surface area contributed by atoms with Gasteiger partial charge in [-0.2, -0.15) is 0 Å². The fourth-order valence-electron chi connectivity index (χ4n) is 2.05. The third-order valence-corrected chi connectivity index (χ3v) is 3.12. The summed E-state index contributed by atoms with van der Waals surface area (Å²) < 4.78 is 5.54. The van der Waals surface area contributed by atoms with Gasteiger partial charge in [0.1, 0.15) is 5.75 Å². The van der Waals surface area contributed by atoms with Crippen molar-refractivity contribution in [2.75, 3.05) is 6.61 Å². The summed E-state index contributed by atoms with van der Waals surface area (Å²) >= 11 is 0. The minimum absolute atomic E-state index is 0.344. The van der Waals surface area contributed by atoms with Crippen molar-refractivity contribution in [3.63, 3.8) is 0 Å². The molecule has 0 fully saturated rings. The van der Waals surface area contributed by atoms with Crippen LogP contribution in [0, 0.1) is 6.92 Å². The zero-order valence-electron chi connectivity index (χ0n) is 11.7. The number of benzene rings is 2. The van der Waals surface area contributed by atoms with Crippen LogP contribution in [0.15, 0.2) is 42.5 Å². The highest BCUT2D eigenvalue weighted by atomic mass is 16.5. The monoisotopic (exact) mass is 270 g/mol. The van der Waals surface area contributed by atoms with E-state index in [2.05, 4.69) is 6.92 Å². The summed E-state index contributed by atoms with van der Waals surface area (Å²) in [6.07, 6.45) is 0.984. The average Bonchev–Trinajstić information content (AvgIpc) is 2.45. The number of aromatic carboxylic acids is 1. The van der Waals surface area contributed by atoms with Gasteiger partial charge in [-0.05, 0) is 48.2 Å². The lowest BCUT2D eigenvalue weighted by Crippen LogP contribution is -1.99. The number of hydrogen-bond acceptors (Lipinski definition) is 2. The third kappa shape index (κ3) is 3.18. The maximum absolute atomic E-state index is 11.0. The van der Waals surface area contributed by atoms with Crippen LogP contribution in [0.4, 0.5) is 0 Å². The average molecular weight is 270 g/mol. The largest absolute Gasteiger partial charge is 0.494 e. The molecule has 0 amide bonds. The minimum Gasteiger partial charge on any atom is -0.494 e. The first kappa shape index (κ1) is 14.1. The summed E-state index contributed by atoms with van der Waals surface area (Å²) in [5.74, 6) is -0.0353. The van der Waals surface area contributed by atoms with Gasteiger partial charge in [-0.25, -0.2) is 4.79 Å². The van der Waals surface area contributed by atoms with Crippen LogP contribution in [0.3, 0.4) is 0 Å².